The van der Waals surface area contributed by atoms with Crippen LogP contribution in [0.1, 0.15) is 11.1 Å². The molecular weight excluding hydrogens is 208 g/mol. The lowest BCUT2D eigenvalue weighted by molar-refractivity contribution is 1.08. The number of H-pyrrole nitrogens is 2. The van der Waals surface area contributed by atoms with E-state index in [9.17, 15) is 0 Å². The highest BCUT2D eigenvalue weighted by Crippen LogP contribution is 2.19. The van der Waals surface area contributed by atoms with Gasteiger partial charge in [-0.1, -0.05) is 0 Å². The standard InChI is InChI=1S/C10H10N4S/c1-5-3-7-8(4-6(5)2)14-9(11-7)12-13-10(14)15/h3-4H,1-2H3,(H,11,12)(H,13,15). The van der Waals surface area contributed by atoms with E-state index >= 15 is 0 Å². The molecule has 2 heterocycles. The van der Waals surface area contributed by atoms with Gasteiger partial charge in [-0.3, -0.25) is 14.6 Å². The van der Waals surface area contributed by atoms with Gasteiger partial charge in [0.2, 0.25) is 5.78 Å². The van der Waals surface area contributed by atoms with Crippen LogP contribution >= 0.6 is 12.2 Å². The molecule has 0 aliphatic carbocycles. The van der Waals surface area contributed by atoms with Gasteiger partial charge in [0.1, 0.15) is 0 Å². The van der Waals surface area contributed by atoms with Crippen LogP contribution in [-0.2, 0) is 0 Å². The molecule has 0 spiro atoms. The Morgan fingerprint density at radius 2 is 1.93 bits per heavy atom. The summed E-state index contributed by atoms with van der Waals surface area (Å²) in [7, 11) is 0. The summed E-state index contributed by atoms with van der Waals surface area (Å²) in [5.74, 6) is 0.764. The normalized spacial score (nSPS) is 11.6. The molecule has 0 saturated heterocycles. The van der Waals surface area contributed by atoms with Crippen LogP contribution in [-0.4, -0.2) is 19.6 Å². The maximum atomic E-state index is 5.18. The summed E-state index contributed by atoms with van der Waals surface area (Å²) in [5, 5.41) is 5.81. The topological polar surface area (TPSA) is 48.9 Å². The molecular formula is C10H10N4S. The average Bonchev–Trinajstić information content (AvgIpc) is 2.69. The van der Waals surface area contributed by atoms with Crippen molar-refractivity contribution >= 4 is 29.0 Å². The second-order valence-electron chi connectivity index (χ2n) is 3.75. The summed E-state index contributed by atoms with van der Waals surface area (Å²) in [6, 6.07) is 4.20. The van der Waals surface area contributed by atoms with Crippen LogP contribution in [0.5, 0.6) is 0 Å². The molecule has 2 aromatic heterocycles. The van der Waals surface area contributed by atoms with Gasteiger partial charge >= 0.3 is 0 Å². The number of nitrogens with zero attached hydrogens (tertiary/aromatic N) is 2. The lowest BCUT2D eigenvalue weighted by Gasteiger charge is -1.98. The molecule has 0 aliphatic rings. The van der Waals surface area contributed by atoms with E-state index < -0.39 is 0 Å². The quantitative estimate of drug-likeness (QED) is 0.569. The smallest absolute Gasteiger partial charge is 0.229 e. The molecule has 0 amide bonds. The van der Waals surface area contributed by atoms with E-state index in [2.05, 4.69) is 41.2 Å². The van der Waals surface area contributed by atoms with Gasteiger partial charge in [-0.2, -0.15) is 0 Å². The number of benzene rings is 1. The van der Waals surface area contributed by atoms with E-state index in [0.29, 0.717) is 4.77 Å². The third-order valence-electron chi connectivity index (χ3n) is 2.75. The molecule has 3 rings (SSSR count). The SMILES string of the molecule is Cc1cc2nc3[nH][nH]c(=S)n3c2cc1C. The van der Waals surface area contributed by atoms with Crippen molar-refractivity contribution in [2.75, 3.05) is 0 Å². The van der Waals surface area contributed by atoms with Crippen LogP contribution in [0.3, 0.4) is 0 Å². The minimum atomic E-state index is 0.649. The van der Waals surface area contributed by atoms with Crippen LogP contribution in [0.25, 0.3) is 16.8 Å². The predicted octanol–water partition coefficient (Wildman–Crippen LogP) is 2.49. The molecule has 0 aliphatic heterocycles. The Hall–Kier alpha value is -1.62. The zero-order valence-corrected chi connectivity index (χ0v) is 9.27. The van der Waals surface area contributed by atoms with Crippen LogP contribution in [0.2, 0.25) is 0 Å². The number of rotatable bonds is 0. The van der Waals surface area contributed by atoms with Gasteiger partial charge < -0.3 is 0 Å². The molecule has 0 fully saturated rings. The van der Waals surface area contributed by atoms with Crippen molar-refractivity contribution in [3.8, 4) is 0 Å². The third-order valence-corrected chi connectivity index (χ3v) is 3.04. The van der Waals surface area contributed by atoms with Gasteiger partial charge in [-0.05, 0) is 49.3 Å². The van der Waals surface area contributed by atoms with E-state index in [1.165, 1.54) is 11.1 Å². The van der Waals surface area contributed by atoms with Crippen molar-refractivity contribution < 1.29 is 0 Å². The predicted molar refractivity (Wildman–Crippen MR) is 61.7 cm³/mol. The van der Waals surface area contributed by atoms with Crippen molar-refractivity contribution in [1.29, 1.82) is 0 Å². The highest BCUT2D eigenvalue weighted by atomic mass is 32.1. The zero-order valence-electron chi connectivity index (χ0n) is 8.46. The zero-order chi connectivity index (χ0) is 10.6. The summed E-state index contributed by atoms with van der Waals surface area (Å²) < 4.78 is 2.56. The molecule has 0 atom stereocenters. The molecule has 1 aromatic carbocycles. The Balaban J connectivity index is 2.63. The number of hydrogen-bond donors (Lipinski definition) is 2. The van der Waals surface area contributed by atoms with Crippen molar-refractivity contribution in [2.45, 2.75) is 13.8 Å². The summed E-state index contributed by atoms with van der Waals surface area (Å²) in [4.78, 5) is 4.45. The lowest BCUT2D eigenvalue weighted by Crippen LogP contribution is -1.84. The van der Waals surface area contributed by atoms with Crippen molar-refractivity contribution in [2.24, 2.45) is 0 Å². The number of aromatic amines is 2. The van der Waals surface area contributed by atoms with E-state index in [0.717, 1.165) is 16.8 Å². The monoisotopic (exact) mass is 218 g/mol. The van der Waals surface area contributed by atoms with Gasteiger partial charge in [0, 0.05) is 0 Å². The molecule has 3 aromatic rings. The van der Waals surface area contributed by atoms with Gasteiger partial charge in [-0.15, -0.1) is 0 Å². The molecule has 0 bridgehead atoms. The van der Waals surface area contributed by atoms with Gasteiger partial charge in [0.25, 0.3) is 0 Å². The van der Waals surface area contributed by atoms with E-state index in [1.54, 1.807) is 0 Å². The Kier molecular flexibility index (Phi) is 1.56. The Morgan fingerprint density at radius 1 is 1.20 bits per heavy atom. The number of aromatic nitrogens is 4. The summed E-state index contributed by atoms with van der Waals surface area (Å²) >= 11 is 5.18. The summed E-state index contributed by atoms with van der Waals surface area (Å²) in [5.41, 5.74) is 4.53. The summed E-state index contributed by atoms with van der Waals surface area (Å²) in [6.45, 7) is 4.18. The van der Waals surface area contributed by atoms with Gasteiger partial charge in [0.15, 0.2) is 4.77 Å². The van der Waals surface area contributed by atoms with Crippen LogP contribution in [0.4, 0.5) is 0 Å². The van der Waals surface area contributed by atoms with Crippen molar-refractivity contribution in [1.82, 2.24) is 19.6 Å². The molecule has 76 valence electrons. The Morgan fingerprint density at radius 3 is 2.73 bits per heavy atom. The van der Waals surface area contributed by atoms with Crippen LogP contribution in [0, 0.1) is 18.6 Å². The van der Waals surface area contributed by atoms with E-state index in [1.807, 2.05) is 4.40 Å². The first kappa shape index (κ1) is 8.67. The fourth-order valence-electron chi connectivity index (χ4n) is 1.79. The highest BCUT2D eigenvalue weighted by Gasteiger charge is 2.08. The Labute approximate surface area is 90.9 Å². The first-order chi connectivity index (χ1) is 7.16. The Bertz CT molecular complexity index is 716. The third kappa shape index (κ3) is 1.07. The number of imidazole rings is 1. The van der Waals surface area contributed by atoms with Gasteiger partial charge in [0.05, 0.1) is 11.0 Å². The molecule has 0 radical (unpaired) electrons. The van der Waals surface area contributed by atoms with Gasteiger partial charge in [-0.25, -0.2) is 4.98 Å². The minimum absolute atomic E-state index is 0.649. The van der Waals surface area contributed by atoms with Crippen LogP contribution < -0.4 is 0 Å². The number of hydrogen-bond acceptors (Lipinski definition) is 2. The molecule has 5 heteroatoms. The molecule has 4 nitrogen and oxygen atoms in total. The number of aryl methyl sites for hydroxylation is 2. The van der Waals surface area contributed by atoms with Crippen molar-refractivity contribution in [3.63, 3.8) is 0 Å². The molecule has 0 saturated carbocycles. The molecule has 2 N–H and O–H groups in total. The molecule has 15 heavy (non-hydrogen) atoms. The van der Waals surface area contributed by atoms with Crippen LogP contribution in [0.15, 0.2) is 12.1 Å². The first-order valence-corrected chi connectivity index (χ1v) is 5.14. The lowest BCUT2D eigenvalue weighted by atomic mass is 10.1. The first-order valence-electron chi connectivity index (χ1n) is 4.73. The maximum absolute atomic E-state index is 5.18. The second kappa shape index (κ2) is 2.70. The van der Waals surface area contributed by atoms with Crippen molar-refractivity contribution in [3.05, 3.63) is 28.0 Å². The van der Waals surface area contributed by atoms with E-state index in [4.69, 9.17) is 12.2 Å². The molecule has 0 unspecified atom stereocenters. The fourth-order valence-corrected chi connectivity index (χ4v) is 2.02. The summed E-state index contributed by atoms with van der Waals surface area (Å²) in [6.07, 6.45) is 0. The minimum Gasteiger partial charge on any atom is -0.273 e. The number of nitrogens with one attached hydrogen (secondary N) is 2. The second-order valence-corrected chi connectivity index (χ2v) is 4.14. The maximum Gasteiger partial charge on any atom is 0.229 e. The highest BCUT2D eigenvalue weighted by molar-refractivity contribution is 7.71. The van der Waals surface area contributed by atoms with E-state index in [-0.39, 0.29) is 0 Å². The fraction of sp³-hybridized carbons (Fsp3) is 0.200. The average molecular weight is 218 g/mol. The number of fused-ring (bicyclic) bond motifs is 3. The largest absolute Gasteiger partial charge is 0.273 e.